The molecule has 2 amide bonds. The highest BCUT2D eigenvalue weighted by Gasteiger charge is 2.33. The standard InChI is InChI=1S/C14H15F3N6O4/c15-14(16,17)10-2-6-23(21-10)8-12(25)19-4-3-18-11(24)7-22-5-1-9(20-22)13(26)27/h1-2,5-6H,3-4,7-8H2,(H,18,24)(H,19,25)(H,26,27). The van der Waals surface area contributed by atoms with Crippen LogP contribution in [-0.2, 0) is 28.9 Å². The zero-order valence-electron chi connectivity index (χ0n) is 13.7. The van der Waals surface area contributed by atoms with Crippen LogP contribution < -0.4 is 10.6 Å². The number of aromatic nitrogens is 4. The number of amides is 2. The van der Waals surface area contributed by atoms with Gasteiger partial charge in [-0.1, -0.05) is 0 Å². The van der Waals surface area contributed by atoms with Gasteiger partial charge in [-0.15, -0.1) is 0 Å². The number of nitrogens with one attached hydrogen (secondary N) is 2. The second kappa shape index (κ2) is 8.33. The first-order valence-corrected chi connectivity index (χ1v) is 7.56. The maximum Gasteiger partial charge on any atom is 0.435 e. The molecule has 146 valence electrons. The van der Waals surface area contributed by atoms with Crippen LogP contribution in [0.15, 0.2) is 24.5 Å². The summed E-state index contributed by atoms with van der Waals surface area (Å²) in [6.07, 6.45) is -2.20. The van der Waals surface area contributed by atoms with E-state index >= 15 is 0 Å². The van der Waals surface area contributed by atoms with Gasteiger partial charge in [-0.3, -0.25) is 19.0 Å². The topological polar surface area (TPSA) is 131 Å². The van der Waals surface area contributed by atoms with Crippen molar-refractivity contribution in [3.63, 3.8) is 0 Å². The Bertz CT molecular complexity index is 829. The Kier molecular flexibility index (Phi) is 6.15. The molecule has 0 saturated carbocycles. The number of rotatable bonds is 8. The fourth-order valence-corrected chi connectivity index (χ4v) is 1.97. The van der Waals surface area contributed by atoms with E-state index in [1.54, 1.807) is 0 Å². The molecule has 2 rings (SSSR count). The molecule has 27 heavy (non-hydrogen) atoms. The number of aromatic carboxylic acids is 1. The number of carbonyl (C=O) groups excluding carboxylic acids is 2. The van der Waals surface area contributed by atoms with E-state index < -0.39 is 36.2 Å². The summed E-state index contributed by atoms with van der Waals surface area (Å²) in [7, 11) is 0. The molecule has 0 saturated heterocycles. The van der Waals surface area contributed by atoms with Gasteiger partial charge in [0.1, 0.15) is 13.1 Å². The molecule has 0 atom stereocenters. The van der Waals surface area contributed by atoms with Crippen LogP contribution in [0.25, 0.3) is 0 Å². The Balaban J connectivity index is 1.66. The zero-order valence-corrected chi connectivity index (χ0v) is 13.7. The number of alkyl halides is 3. The number of carboxylic acids is 1. The first-order valence-electron chi connectivity index (χ1n) is 7.56. The highest BCUT2D eigenvalue weighted by Crippen LogP contribution is 2.27. The molecule has 0 aliphatic carbocycles. The Morgan fingerprint density at radius 1 is 0.963 bits per heavy atom. The molecule has 0 aliphatic rings. The van der Waals surface area contributed by atoms with Crippen LogP contribution >= 0.6 is 0 Å². The fourth-order valence-electron chi connectivity index (χ4n) is 1.97. The molecule has 2 aromatic heterocycles. The van der Waals surface area contributed by atoms with Crippen LogP contribution in [0.5, 0.6) is 0 Å². The molecule has 13 heteroatoms. The van der Waals surface area contributed by atoms with Crippen LogP contribution in [0, 0.1) is 0 Å². The number of halogens is 3. The lowest BCUT2D eigenvalue weighted by atomic mass is 10.4. The van der Waals surface area contributed by atoms with Crippen molar-refractivity contribution in [1.82, 2.24) is 30.2 Å². The minimum absolute atomic E-state index is 0.0530. The molecular formula is C14H15F3N6O4. The minimum atomic E-state index is -4.58. The first-order chi connectivity index (χ1) is 12.6. The second-order valence-corrected chi connectivity index (χ2v) is 5.30. The van der Waals surface area contributed by atoms with Crippen LogP contribution in [0.3, 0.4) is 0 Å². The van der Waals surface area contributed by atoms with Crippen molar-refractivity contribution >= 4 is 17.8 Å². The maximum absolute atomic E-state index is 12.4. The third-order valence-electron chi connectivity index (χ3n) is 3.17. The lowest BCUT2D eigenvalue weighted by Crippen LogP contribution is -2.37. The summed E-state index contributed by atoms with van der Waals surface area (Å²) in [6, 6.07) is 2.01. The molecule has 10 nitrogen and oxygen atoms in total. The van der Waals surface area contributed by atoms with E-state index in [0.29, 0.717) is 0 Å². The van der Waals surface area contributed by atoms with Gasteiger partial charge in [0.05, 0.1) is 0 Å². The van der Waals surface area contributed by atoms with Gasteiger partial charge < -0.3 is 15.7 Å². The molecule has 0 spiro atoms. The lowest BCUT2D eigenvalue weighted by Gasteiger charge is -2.07. The van der Waals surface area contributed by atoms with Gasteiger partial charge in [-0.05, 0) is 12.1 Å². The van der Waals surface area contributed by atoms with Crippen LogP contribution in [-0.4, -0.2) is 55.5 Å². The molecule has 0 unspecified atom stereocenters. The van der Waals surface area contributed by atoms with Gasteiger partial charge in [0.15, 0.2) is 11.4 Å². The molecular weight excluding hydrogens is 373 g/mol. The van der Waals surface area contributed by atoms with Crippen molar-refractivity contribution in [1.29, 1.82) is 0 Å². The van der Waals surface area contributed by atoms with Crippen LogP contribution in [0.2, 0.25) is 0 Å². The van der Waals surface area contributed by atoms with E-state index in [4.69, 9.17) is 5.11 Å². The molecule has 0 bridgehead atoms. The van der Waals surface area contributed by atoms with E-state index in [1.165, 1.54) is 12.3 Å². The normalized spacial score (nSPS) is 11.2. The number of hydrogen-bond donors (Lipinski definition) is 3. The summed E-state index contributed by atoms with van der Waals surface area (Å²) in [5.41, 5.74) is -1.28. The summed E-state index contributed by atoms with van der Waals surface area (Å²) < 4.78 is 39.2. The van der Waals surface area contributed by atoms with Crippen molar-refractivity contribution in [3.8, 4) is 0 Å². The van der Waals surface area contributed by atoms with E-state index in [2.05, 4.69) is 20.8 Å². The highest BCUT2D eigenvalue weighted by atomic mass is 19.4. The summed E-state index contributed by atoms with van der Waals surface area (Å²) in [5.74, 6) is -2.23. The molecule has 3 N–H and O–H groups in total. The molecule has 0 radical (unpaired) electrons. The van der Waals surface area contributed by atoms with Gasteiger partial charge in [-0.25, -0.2) is 4.79 Å². The maximum atomic E-state index is 12.4. The third kappa shape index (κ3) is 6.13. The monoisotopic (exact) mass is 388 g/mol. The largest absolute Gasteiger partial charge is 0.476 e. The molecule has 0 aliphatic heterocycles. The number of nitrogens with zero attached hydrogens (tertiary/aromatic N) is 4. The third-order valence-corrected chi connectivity index (χ3v) is 3.17. The van der Waals surface area contributed by atoms with E-state index in [0.717, 1.165) is 21.6 Å². The van der Waals surface area contributed by atoms with Crippen molar-refractivity contribution in [2.75, 3.05) is 13.1 Å². The second-order valence-electron chi connectivity index (χ2n) is 5.30. The summed E-state index contributed by atoms with van der Waals surface area (Å²) in [5, 5.41) is 20.5. The van der Waals surface area contributed by atoms with Crippen molar-refractivity contribution in [3.05, 3.63) is 35.9 Å². The van der Waals surface area contributed by atoms with Crippen LogP contribution in [0.4, 0.5) is 13.2 Å². The number of hydrogen-bond acceptors (Lipinski definition) is 5. The quantitative estimate of drug-likeness (QED) is 0.534. The molecule has 0 aromatic carbocycles. The zero-order chi connectivity index (χ0) is 20.0. The minimum Gasteiger partial charge on any atom is -0.476 e. The van der Waals surface area contributed by atoms with E-state index in [9.17, 15) is 27.6 Å². The number of carbonyl (C=O) groups is 3. The fraction of sp³-hybridized carbons (Fsp3) is 0.357. The summed E-state index contributed by atoms with van der Waals surface area (Å²) >= 11 is 0. The molecule has 2 heterocycles. The lowest BCUT2D eigenvalue weighted by molar-refractivity contribution is -0.141. The Hall–Kier alpha value is -3.38. The Morgan fingerprint density at radius 3 is 1.93 bits per heavy atom. The van der Waals surface area contributed by atoms with Gasteiger partial charge in [-0.2, -0.15) is 23.4 Å². The van der Waals surface area contributed by atoms with Gasteiger partial charge in [0, 0.05) is 25.5 Å². The summed E-state index contributed by atoms with van der Waals surface area (Å²) in [4.78, 5) is 34.0. The van der Waals surface area contributed by atoms with E-state index in [1.807, 2.05) is 0 Å². The molecule has 0 fully saturated rings. The first kappa shape index (κ1) is 19.9. The average molecular weight is 388 g/mol. The molecule has 2 aromatic rings. The number of carboxylic acid groups (broad SMARTS) is 1. The Morgan fingerprint density at radius 2 is 1.48 bits per heavy atom. The predicted octanol–water partition coefficient (Wildman–Crippen LogP) is -0.271. The van der Waals surface area contributed by atoms with E-state index in [-0.39, 0.29) is 25.3 Å². The van der Waals surface area contributed by atoms with Crippen molar-refractivity contribution in [2.24, 2.45) is 0 Å². The van der Waals surface area contributed by atoms with Gasteiger partial charge in [0.2, 0.25) is 11.8 Å². The Labute approximate surface area is 149 Å². The smallest absolute Gasteiger partial charge is 0.435 e. The van der Waals surface area contributed by atoms with Gasteiger partial charge in [0.25, 0.3) is 0 Å². The van der Waals surface area contributed by atoms with Crippen LogP contribution in [0.1, 0.15) is 16.2 Å². The highest BCUT2D eigenvalue weighted by molar-refractivity contribution is 5.85. The summed E-state index contributed by atoms with van der Waals surface area (Å²) in [6.45, 7) is -0.466. The SMILES string of the molecule is O=C(Cn1ccc(C(=O)O)n1)NCCNC(=O)Cn1ccc(C(F)(F)F)n1. The van der Waals surface area contributed by atoms with Crippen molar-refractivity contribution in [2.45, 2.75) is 19.3 Å². The van der Waals surface area contributed by atoms with Crippen molar-refractivity contribution < 1.29 is 32.7 Å². The van der Waals surface area contributed by atoms with Gasteiger partial charge >= 0.3 is 12.1 Å². The average Bonchev–Trinajstić information content (AvgIpc) is 3.20. The predicted molar refractivity (Wildman–Crippen MR) is 82.4 cm³/mol.